The van der Waals surface area contributed by atoms with E-state index in [2.05, 4.69) is 6.58 Å². The number of carbonyl (C=O) groups excluding carboxylic acids is 10. The van der Waals surface area contributed by atoms with Gasteiger partial charge in [0.15, 0.2) is 61.6 Å². The predicted octanol–water partition coefficient (Wildman–Crippen LogP) is 10.6. The Morgan fingerprint density at radius 1 is 0.327 bits per heavy atom. The summed E-state index contributed by atoms with van der Waals surface area (Å²) in [6.45, 7) is 1.04. The maximum Gasteiger partial charge on any atom is 0.338 e. The summed E-state index contributed by atoms with van der Waals surface area (Å²) < 4.78 is 90.7. The first-order valence-corrected chi connectivity index (χ1v) is 36.2. The molecule has 0 aliphatic carbocycles. The Balaban J connectivity index is 0.928. The molecule has 9 aromatic rings. The van der Waals surface area contributed by atoms with E-state index in [1.54, 1.807) is 152 Å². The van der Waals surface area contributed by atoms with Crippen molar-refractivity contribution in [2.45, 2.75) is 105 Å². The Hall–Kier alpha value is -12.7. The van der Waals surface area contributed by atoms with Crippen LogP contribution in [0, 0.1) is 0 Å². The van der Waals surface area contributed by atoms with Crippen LogP contribution in [0.1, 0.15) is 116 Å². The van der Waals surface area contributed by atoms with Gasteiger partial charge in [-0.2, -0.15) is 0 Å². The summed E-state index contributed by atoms with van der Waals surface area (Å²) in [4.78, 5) is 147. The first-order chi connectivity index (χ1) is 55.1. The smallest absolute Gasteiger partial charge is 0.338 e. The highest BCUT2D eigenvalue weighted by Crippen LogP contribution is 2.39. The number of allylic oxidation sites excluding steroid dienone is 1. The molecule has 4 aliphatic heterocycles. The molecule has 578 valence electrons. The zero-order valence-electron chi connectivity index (χ0n) is 60.3. The van der Waals surface area contributed by atoms with Gasteiger partial charge >= 0.3 is 47.8 Å². The van der Waals surface area contributed by atoms with Gasteiger partial charge in [-0.3, -0.25) is 14.5 Å². The lowest BCUT2D eigenvalue weighted by Crippen LogP contribution is -2.67. The maximum atomic E-state index is 15.0. The number of aliphatic hydroxyl groups is 1. The molecule has 26 nitrogen and oxygen atoms in total. The number of hydrogen-bond acceptors (Lipinski definition) is 25. The molecule has 9 aromatic carbocycles. The molecule has 1 N–H and O–H groups in total. The van der Waals surface area contributed by atoms with E-state index in [-0.39, 0.29) is 62.2 Å². The van der Waals surface area contributed by atoms with E-state index in [1.807, 2.05) is 0 Å². The van der Waals surface area contributed by atoms with Crippen molar-refractivity contribution in [2.24, 2.45) is 0 Å². The summed E-state index contributed by atoms with van der Waals surface area (Å²) in [7, 11) is 0. The Kier molecular flexibility index (Phi) is 25.9. The monoisotopic (exact) mass is 1530 g/mol. The molecule has 15 unspecified atom stereocenters. The third-order valence-corrected chi connectivity index (χ3v) is 18.8. The second-order valence-corrected chi connectivity index (χ2v) is 26.2. The van der Waals surface area contributed by atoms with Crippen LogP contribution in [0.3, 0.4) is 0 Å². The summed E-state index contributed by atoms with van der Waals surface area (Å²) in [6, 6.07) is 65.2. The standard InChI is InChI=1S/C87H75NO25/c1-2-3-30-49-100-85-66(88-75(90)61-47-28-29-48-62(61)76(88)91)70(109-80(95)56-37-18-7-19-38-56)67(89)63(104-85)50-102-86-73(112-83(98)59-43-24-10-25-44-59)72(111-82(97)58-41-22-9-23-42-58)69(108-79(94)55-35-16-6-17-36-55)65(106-86)52-103-87-74(113-84(99)60-45-26-11-27-46-60)71(110-81(96)57-39-20-8-21-40-57)68(107-78(93)54-33-14-5-15-34-54)64(105-87)51-101-77(92)53-31-12-4-13-32-53/h2,4-29,31-48,63-74,85-87,89H,1,3,30,49-52H2. The SMILES string of the molecule is C=CCCCOC1OC(COC2OC(COC3OC(COC(=O)c4ccccc4)C(OC(=O)c4ccccc4)C(OC(=O)c4ccccc4)C3OC(=O)c3ccccc3)C(OC(=O)c3ccccc3)C(OC(=O)c3ccccc3)C2OC(=O)c2ccccc2)C(O)C(OC(=O)c2ccccc2)C1N1C(=O)c2ccccc2C1=O. The number of rotatable bonds is 29. The molecular formula is C87H75NO25. The lowest BCUT2D eigenvalue weighted by atomic mass is 9.94. The summed E-state index contributed by atoms with van der Waals surface area (Å²) in [5.74, 6) is -9.89. The van der Waals surface area contributed by atoms with Crippen LogP contribution in [0.15, 0.2) is 280 Å². The molecule has 3 fully saturated rings. The molecule has 0 radical (unpaired) electrons. The molecule has 113 heavy (non-hydrogen) atoms. The fourth-order valence-corrected chi connectivity index (χ4v) is 13.1. The van der Waals surface area contributed by atoms with E-state index in [0.29, 0.717) is 12.8 Å². The molecule has 13 rings (SSSR count). The maximum absolute atomic E-state index is 15.0. The minimum absolute atomic E-state index is 0.00175. The van der Waals surface area contributed by atoms with Crippen molar-refractivity contribution in [3.63, 3.8) is 0 Å². The van der Waals surface area contributed by atoms with Crippen LogP contribution < -0.4 is 0 Å². The Morgan fingerprint density at radius 3 is 0.938 bits per heavy atom. The van der Waals surface area contributed by atoms with Crippen LogP contribution in [-0.4, -0.2) is 188 Å². The molecule has 15 atom stereocenters. The second-order valence-electron chi connectivity index (χ2n) is 26.2. The summed E-state index contributed by atoms with van der Waals surface area (Å²) in [5.41, 5.74) is -0.167. The number of esters is 8. The molecule has 0 spiro atoms. The van der Waals surface area contributed by atoms with Gasteiger partial charge in [-0.1, -0.05) is 164 Å². The number of carbonyl (C=O) groups is 10. The number of aliphatic hydroxyl groups excluding tert-OH is 1. The first-order valence-electron chi connectivity index (χ1n) is 36.2. The molecule has 0 bridgehead atoms. The summed E-state index contributed by atoms with van der Waals surface area (Å²) in [5, 5.41) is 13.0. The molecular weight excluding hydrogens is 1460 g/mol. The Bertz CT molecular complexity index is 4760. The van der Waals surface area contributed by atoms with Gasteiger partial charge in [0.1, 0.15) is 37.1 Å². The summed E-state index contributed by atoms with van der Waals surface area (Å²) >= 11 is 0. The largest absolute Gasteiger partial charge is 0.459 e. The lowest BCUT2D eigenvalue weighted by molar-refractivity contribution is -0.336. The number of fused-ring (bicyclic) bond motifs is 1. The number of benzene rings is 9. The van der Waals surface area contributed by atoms with Gasteiger partial charge in [0.05, 0.1) is 75.5 Å². The Morgan fingerprint density at radius 2 is 0.602 bits per heavy atom. The number of imide groups is 1. The summed E-state index contributed by atoms with van der Waals surface area (Å²) in [6.07, 6.45) is -24.8. The van der Waals surface area contributed by atoms with Gasteiger partial charge in [-0.25, -0.2) is 38.4 Å². The molecule has 26 heteroatoms. The van der Waals surface area contributed by atoms with E-state index in [4.69, 9.17) is 66.3 Å². The molecule has 4 aliphatic rings. The normalized spacial score (nSPS) is 23.7. The Labute approximate surface area is 647 Å². The van der Waals surface area contributed by atoms with Crippen molar-refractivity contribution < 1.29 is 119 Å². The number of amides is 2. The van der Waals surface area contributed by atoms with Gasteiger partial charge in [0.2, 0.25) is 0 Å². The van der Waals surface area contributed by atoms with Crippen LogP contribution in [0.5, 0.6) is 0 Å². The molecule has 0 saturated carbocycles. The van der Waals surface area contributed by atoms with Crippen LogP contribution in [0.4, 0.5) is 0 Å². The molecule has 0 aromatic heterocycles. The van der Waals surface area contributed by atoms with E-state index in [0.717, 1.165) is 4.90 Å². The van der Waals surface area contributed by atoms with Gasteiger partial charge in [-0.15, -0.1) is 6.58 Å². The zero-order chi connectivity index (χ0) is 78.7. The van der Waals surface area contributed by atoms with E-state index >= 15 is 0 Å². The second kappa shape index (κ2) is 37.4. The quantitative estimate of drug-likeness (QED) is 0.0150. The van der Waals surface area contributed by atoms with Gasteiger partial charge in [0, 0.05) is 0 Å². The van der Waals surface area contributed by atoms with Crippen LogP contribution >= 0.6 is 0 Å². The van der Waals surface area contributed by atoms with E-state index < -0.39 is 171 Å². The fraction of sp³-hybridized carbons (Fsp3) is 0.241. The fourth-order valence-electron chi connectivity index (χ4n) is 13.1. The number of ether oxygens (including phenoxy) is 14. The number of nitrogens with zero attached hydrogens (tertiary/aromatic N) is 1. The number of hydrogen-bond donors (Lipinski definition) is 1. The zero-order valence-corrected chi connectivity index (χ0v) is 60.3. The topological polar surface area (TPSA) is 323 Å². The van der Waals surface area contributed by atoms with Crippen LogP contribution in [0.25, 0.3) is 0 Å². The number of unbranched alkanes of at least 4 members (excludes halogenated alkanes) is 1. The van der Waals surface area contributed by atoms with Crippen LogP contribution in [0.2, 0.25) is 0 Å². The van der Waals surface area contributed by atoms with Crippen molar-refractivity contribution in [2.75, 3.05) is 26.4 Å². The highest BCUT2D eigenvalue weighted by Gasteiger charge is 2.59. The van der Waals surface area contributed by atoms with Gasteiger partial charge in [0.25, 0.3) is 11.8 Å². The lowest BCUT2D eigenvalue weighted by Gasteiger charge is -2.48. The van der Waals surface area contributed by atoms with Crippen molar-refractivity contribution >= 4 is 59.6 Å². The third-order valence-electron chi connectivity index (χ3n) is 18.8. The molecule has 2 amide bonds. The molecule has 4 heterocycles. The molecule has 3 saturated heterocycles. The van der Waals surface area contributed by atoms with Gasteiger partial charge in [-0.05, 0) is 122 Å². The average Bonchev–Trinajstić information content (AvgIpc) is 1.62. The predicted molar refractivity (Wildman–Crippen MR) is 396 cm³/mol. The highest BCUT2D eigenvalue weighted by atomic mass is 16.8. The average molecular weight is 1530 g/mol. The first kappa shape index (κ1) is 78.5. The highest BCUT2D eigenvalue weighted by molar-refractivity contribution is 6.21. The minimum Gasteiger partial charge on any atom is -0.459 e. The van der Waals surface area contributed by atoms with E-state index in [9.17, 15) is 53.1 Å². The van der Waals surface area contributed by atoms with Crippen molar-refractivity contribution in [1.29, 1.82) is 0 Å². The van der Waals surface area contributed by atoms with E-state index in [1.165, 1.54) is 121 Å². The van der Waals surface area contributed by atoms with Gasteiger partial charge < -0.3 is 71.4 Å². The van der Waals surface area contributed by atoms with Crippen molar-refractivity contribution in [3.8, 4) is 0 Å². The van der Waals surface area contributed by atoms with Crippen LogP contribution in [-0.2, 0) is 66.3 Å². The van der Waals surface area contributed by atoms with Crippen molar-refractivity contribution in [1.82, 2.24) is 4.90 Å². The third kappa shape index (κ3) is 18.9. The minimum atomic E-state index is -2.11. The van der Waals surface area contributed by atoms with Crippen molar-refractivity contribution in [3.05, 3.63) is 335 Å².